The van der Waals surface area contributed by atoms with Crippen LogP contribution in [0.1, 0.15) is 65.2 Å². The number of rotatable bonds is 10. The van der Waals surface area contributed by atoms with Gasteiger partial charge in [-0.15, -0.1) is 0 Å². The van der Waals surface area contributed by atoms with E-state index in [4.69, 9.17) is 5.53 Å². The van der Waals surface area contributed by atoms with Crippen molar-refractivity contribution in [2.75, 3.05) is 26.2 Å². The Hall–Kier alpha value is -1.22. The second-order valence-corrected chi connectivity index (χ2v) is 5.58. The molecule has 5 heteroatoms. The number of nitrogens with zero attached hydrogens (tertiary/aromatic N) is 5. The van der Waals surface area contributed by atoms with E-state index < -0.39 is 0 Å². The van der Waals surface area contributed by atoms with Crippen LogP contribution in [0.2, 0.25) is 0 Å². The second kappa shape index (κ2) is 10.6. The highest BCUT2D eigenvalue weighted by molar-refractivity contribution is 5.76. The summed E-state index contributed by atoms with van der Waals surface area (Å²) in [5, 5.41) is 3.93. The smallest absolute Gasteiger partial charge is 0.283 e. The SMILES string of the molecule is CCCCCCN1CC[N+](CCCCCC)=C1N=[N+]=[N-]. The first-order valence-corrected chi connectivity index (χ1v) is 8.25. The van der Waals surface area contributed by atoms with Crippen molar-refractivity contribution in [3.63, 3.8) is 0 Å². The van der Waals surface area contributed by atoms with Gasteiger partial charge in [0.2, 0.25) is 0 Å². The van der Waals surface area contributed by atoms with Crippen LogP contribution < -0.4 is 0 Å². The summed E-state index contributed by atoms with van der Waals surface area (Å²) in [6.07, 6.45) is 10.0. The van der Waals surface area contributed by atoms with Gasteiger partial charge in [-0.3, -0.25) is 9.48 Å². The Balaban J connectivity index is 2.46. The Labute approximate surface area is 123 Å². The highest BCUT2D eigenvalue weighted by Crippen LogP contribution is 2.09. The van der Waals surface area contributed by atoms with Gasteiger partial charge >= 0.3 is 0 Å². The molecule has 1 aliphatic rings. The lowest BCUT2D eigenvalue weighted by molar-refractivity contribution is -0.519. The predicted octanol–water partition coefficient (Wildman–Crippen LogP) is 4.14. The monoisotopic (exact) mass is 280 g/mol. The molecule has 5 nitrogen and oxygen atoms in total. The van der Waals surface area contributed by atoms with Crippen molar-refractivity contribution in [1.82, 2.24) is 4.90 Å². The molecule has 0 atom stereocenters. The van der Waals surface area contributed by atoms with Gasteiger partial charge in [-0.25, -0.2) is 0 Å². The molecule has 1 heterocycles. The number of unbranched alkanes of at least 4 members (excludes halogenated alkanes) is 6. The lowest BCUT2D eigenvalue weighted by Crippen LogP contribution is -2.29. The van der Waals surface area contributed by atoms with E-state index in [2.05, 4.69) is 33.3 Å². The predicted molar refractivity (Wildman–Crippen MR) is 84.0 cm³/mol. The molecule has 0 N–H and O–H groups in total. The largest absolute Gasteiger partial charge is 0.288 e. The lowest BCUT2D eigenvalue weighted by atomic mass is 10.2. The third-order valence-electron chi connectivity index (χ3n) is 3.90. The summed E-state index contributed by atoms with van der Waals surface area (Å²) in [7, 11) is 0. The summed E-state index contributed by atoms with van der Waals surface area (Å²) in [6, 6.07) is 0. The second-order valence-electron chi connectivity index (χ2n) is 5.58. The maximum atomic E-state index is 8.77. The minimum Gasteiger partial charge on any atom is -0.288 e. The van der Waals surface area contributed by atoms with Crippen LogP contribution in [0.5, 0.6) is 0 Å². The summed E-state index contributed by atoms with van der Waals surface area (Å²) in [5.74, 6) is 0.862. The van der Waals surface area contributed by atoms with Crippen molar-refractivity contribution in [2.24, 2.45) is 5.11 Å². The standard InChI is InChI=1S/C15H30N5/c1-3-5-7-9-11-19-13-14-20(15(19)17-18-16)12-10-8-6-4-2/h3-14H2,1-2H3/q+1. The summed E-state index contributed by atoms with van der Waals surface area (Å²) >= 11 is 0. The van der Waals surface area contributed by atoms with Crippen LogP contribution in [0.3, 0.4) is 0 Å². The van der Waals surface area contributed by atoms with E-state index in [1.165, 1.54) is 51.4 Å². The van der Waals surface area contributed by atoms with Gasteiger partial charge < -0.3 is 0 Å². The first-order valence-electron chi connectivity index (χ1n) is 8.25. The topological polar surface area (TPSA) is 55.0 Å². The van der Waals surface area contributed by atoms with Crippen molar-refractivity contribution in [3.05, 3.63) is 10.4 Å². The molecule has 0 amide bonds. The quantitative estimate of drug-likeness (QED) is 0.195. The molecular formula is C15H30N5+. The van der Waals surface area contributed by atoms with Crippen molar-refractivity contribution in [2.45, 2.75) is 65.2 Å². The van der Waals surface area contributed by atoms with Crippen molar-refractivity contribution in [3.8, 4) is 0 Å². The fourth-order valence-electron chi connectivity index (χ4n) is 2.69. The van der Waals surface area contributed by atoms with Gasteiger partial charge in [0, 0.05) is 10.0 Å². The zero-order valence-electron chi connectivity index (χ0n) is 13.2. The van der Waals surface area contributed by atoms with Gasteiger partial charge in [-0.05, 0) is 18.4 Å². The van der Waals surface area contributed by atoms with Crippen molar-refractivity contribution < 1.29 is 4.58 Å². The Morgan fingerprint density at radius 1 is 1.10 bits per heavy atom. The Bertz CT molecular complexity index is 344. The van der Waals surface area contributed by atoms with Gasteiger partial charge in [-0.2, -0.15) is 0 Å². The van der Waals surface area contributed by atoms with Crippen LogP contribution >= 0.6 is 0 Å². The van der Waals surface area contributed by atoms with Crippen LogP contribution in [-0.2, 0) is 0 Å². The molecular weight excluding hydrogens is 250 g/mol. The number of azide groups is 1. The van der Waals surface area contributed by atoms with Gasteiger partial charge in [0.15, 0.2) is 0 Å². The average molecular weight is 280 g/mol. The summed E-state index contributed by atoms with van der Waals surface area (Å²) < 4.78 is 2.26. The molecule has 1 rings (SSSR count). The van der Waals surface area contributed by atoms with E-state index in [1.54, 1.807) is 0 Å². The van der Waals surface area contributed by atoms with Crippen LogP contribution in [0.15, 0.2) is 5.11 Å². The minimum atomic E-state index is 0.862. The molecule has 0 spiro atoms. The van der Waals surface area contributed by atoms with E-state index >= 15 is 0 Å². The summed E-state index contributed by atoms with van der Waals surface area (Å²) in [5.41, 5.74) is 8.77. The van der Waals surface area contributed by atoms with Crippen molar-refractivity contribution >= 4 is 5.96 Å². The molecule has 0 aliphatic carbocycles. The van der Waals surface area contributed by atoms with E-state index in [-0.39, 0.29) is 0 Å². The third-order valence-corrected chi connectivity index (χ3v) is 3.90. The molecule has 114 valence electrons. The maximum absolute atomic E-state index is 8.77. The Kier molecular flexibility index (Phi) is 8.88. The maximum Gasteiger partial charge on any atom is 0.283 e. The Morgan fingerprint density at radius 3 is 2.45 bits per heavy atom. The van der Waals surface area contributed by atoms with Gasteiger partial charge in [0.05, 0.1) is 26.2 Å². The first kappa shape index (κ1) is 16.8. The molecule has 0 radical (unpaired) electrons. The van der Waals surface area contributed by atoms with Gasteiger partial charge in [0.1, 0.15) is 0 Å². The molecule has 0 unspecified atom stereocenters. The molecule has 0 bridgehead atoms. The molecule has 0 aromatic carbocycles. The number of hydrogen-bond donors (Lipinski definition) is 0. The zero-order chi connectivity index (χ0) is 14.6. The van der Waals surface area contributed by atoms with Crippen LogP contribution in [0, 0.1) is 0 Å². The van der Waals surface area contributed by atoms with E-state index in [9.17, 15) is 0 Å². The van der Waals surface area contributed by atoms with E-state index in [0.29, 0.717) is 0 Å². The van der Waals surface area contributed by atoms with E-state index in [0.717, 1.165) is 32.1 Å². The number of hydrogen-bond acceptors (Lipinski definition) is 2. The normalized spacial score (nSPS) is 14.8. The molecule has 20 heavy (non-hydrogen) atoms. The zero-order valence-corrected chi connectivity index (χ0v) is 13.2. The average Bonchev–Trinajstić information content (AvgIpc) is 2.83. The van der Waals surface area contributed by atoms with E-state index in [1.807, 2.05) is 0 Å². The lowest BCUT2D eigenvalue weighted by Gasteiger charge is -2.12. The molecule has 0 aromatic heterocycles. The molecule has 0 aromatic rings. The molecule has 0 fully saturated rings. The fourth-order valence-corrected chi connectivity index (χ4v) is 2.69. The minimum absolute atomic E-state index is 0.862. The molecule has 0 saturated carbocycles. The summed E-state index contributed by atoms with van der Waals surface area (Å²) in [6.45, 7) is 8.53. The van der Waals surface area contributed by atoms with Crippen LogP contribution in [0.25, 0.3) is 10.4 Å². The first-order chi connectivity index (χ1) is 9.83. The molecule has 1 aliphatic heterocycles. The summed E-state index contributed by atoms with van der Waals surface area (Å²) in [4.78, 5) is 5.27. The van der Waals surface area contributed by atoms with Crippen LogP contribution in [-0.4, -0.2) is 41.6 Å². The third kappa shape index (κ3) is 5.83. The Morgan fingerprint density at radius 2 is 1.80 bits per heavy atom. The van der Waals surface area contributed by atoms with Gasteiger partial charge in [0.25, 0.3) is 5.96 Å². The highest BCUT2D eigenvalue weighted by atomic mass is 15.4. The van der Waals surface area contributed by atoms with Crippen molar-refractivity contribution in [1.29, 1.82) is 0 Å². The number of guanidine groups is 1. The highest BCUT2D eigenvalue weighted by Gasteiger charge is 2.25. The fraction of sp³-hybridized carbons (Fsp3) is 0.933. The molecule has 0 saturated heterocycles. The van der Waals surface area contributed by atoms with Crippen LogP contribution in [0.4, 0.5) is 0 Å². The van der Waals surface area contributed by atoms with Gasteiger partial charge in [-0.1, -0.05) is 52.4 Å².